The van der Waals surface area contributed by atoms with Gasteiger partial charge in [0.1, 0.15) is 0 Å². The van der Waals surface area contributed by atoms with Crippen LogP contribution in [0.5, 0.6) is 0 Å². The minimum atomic E-state index is 0.738. The monoisotopic (exact) mass is 188 g/mol. The molecule has 0 atom stereocenters. The standard InChI is InChI=1S/C9H20N2O2/c1-10-5-3-7-13-8-4-6-11(2)9-12/h9-10H,3-8H2,1-2H3. The number of amides is 1. The molecule has 1 N–H and O–H groups in total. The molecule has 4 nitrogen and oxygen atoms in total. The Labute approximate surface area is 80.2 Å². The highest BCUT2D eigenvalue weighted by Crippen LogP contribution is 1.87. The van der Waals surface area contributed by atoms with E-state index in [4.69, 9.17) is 4.74 Å². The quantitative estimate of drug-likeness (QED) is 0.412. The number of hydrogen-bond donors (Lipinski definition) is 1. The highest BCUT2D eigenvalue weighted by molar-refractivity contribution is 5.46. The van der Waals surface area contributed by atoms with Crippen molar-refractivity contribution in [3.8, 4) is 0 Å². The predicted octanol–water partition coefficient (Wildman–Crippen LogP) is 0.0908. The number of nitrogens with zero attached hydrogens (tertiary/aromatic N) is 1. The van der Waals surface area contributed by atoms with Crippen LogP contribution in [0.3, 0.4) is 0 Å². The smallest absolute Gasteiger partial charge is 0.209 e. The van der Waals surface area contributed by atoms with E-state index < -0.39 is 0 Å². The average molecular weight is 188 g/mol. The van der Waals surface area contributed by atoms with Gasteiger partial charge in [0.05, 0.1) is 0 Å². The van der Waals surface area contributed by atoms with Crippen LogP contribution < -0.4 is 5.32 Å². The summed E-state index contributed by atoms with van der Waals surface area (Å²) in [6.07, 6.45) is 2.79. The third-order valence-corrected chi connectivity index (χ3v) is 1.69. The number of nitrogens with one attached hydrogen (secondary N) is 1. The van der Waals surface area contributed by atoms with Crippen LogP contribution in [0.25, 0.3) is 0 Å². The van der Waals surface area contributed by atoms with Gasteiger partial charge in [0.25, 0.3) is 0 Å². The van der Waals surface area contributed by atoms with Crippen molar-refractivity contribution in [2.24, 2.45) is 0 Å². The first kappa shape index (κ1) is 12.4. The summed E-state index contributed by atoms with van der Waals surface area (Å²) in [7, 11) is 3.70. The van der Waals surface area contributed by atoms with E-state index in [-0.39, 0.29) is 0 Å². The van der Waals surface area contributed by atoms with Gasteiger partial charge in [0.2, 0.25) is 6.41 Å². The van der Waals surface area contributed by atoms with E-state index in [9.17, 15) is 4.79 Å². The third-order valence-electron chi connectivity index (χ3n) is 1.69. The lowest BCUT2D eigenvalue weighted by Crippen LogP contribution is -2.18. The molecule has 0 unspecified atom stereocenters. The number of hydrogen-bond acceptors (Lipinski definition) is 3. The summed E-state index contributed by atoms with van der Waals surface area (Å²) in [6, 6.07) is 0. The number of carbonyl (C=O) groups is 1. The zero-order chi connectivity index (χ0) is 9.94. The number of ether oxygens (including phenoxy) is 1. The molecular weight excluding hydrogens is 168 g/mol. The molecule has 0 rings (SSSR count). The maximum atomic E-state index is 10.2. The predicted molar refractivity (Wildman–Crippen MR) is 52.7 cm³/mol. The van der Waals surface area contributed by atoms with Crippen LogP contribution >= 0.6 is 0 Å². The van der Waals surface area contributed by atoms with Crippen LogP contribution in [-0.2, 0) is 9.53 Å². The molecule has 0 heterocycles. The Balaban J connectivity index is 2.95. The molecular formula is C9H20N2O2. The molecule has 0 aromatic carbocycles. The van der Waals surface area contributed by atoms with Crippen molar-refractivity contribution in [3.63, 3.8) is 0 Å². The number of carbonyl (C=O) groups excluding carboxylic acids is 1. The molecule has 4 heteroatoms. The summed E-state index contributed by atoms with van der Waals surface area (Å²) in [4.78, 5) is 11.8. The Hall–Kier alpha value is -0.610. The zero-order valence-corrected chi connectivity index (χ0v) is 8.58. The minimum Gasteiger partial charge on any atom is -0.381 e. The average Bonchev–Trinajstić information content (AvgIpc) is 2.16. The van der Waals surface area contributed by atoms with Crippen molar-refractivity contribution in [1.29, 1.82) is 0 Å². The molecule has 0 aromatic rings. The van der Waals surface area contributed by atoms with Crippen LogP contribution in [0.1, 0.15) is 12.8 Å². The zero-order valence-electron chi connectivity index (χ0n) is 8.58. The van der Waals surface area contributed by atoms with E-state index in [0.717, 1.165) is 45.6 Å². The molecule has 0 radical (unpaired) electrons. The highest BCUT2D eigenvalue weighted by Gasteiger charge is 1.93. The van der Waals surface area contributed by atoms with E-state index in [2.05, 4.69) is 5.32 Å². The van der Waals surface area contributed by atoms with Crippen molar-refractivity contribution >= 4 is 6.41 Å². The van der Waals surface area contributed by atoms with Crippen molar-refractivity contribution in [2.75, 3.05) is 40.4 Å². The summed E-state index contributed by atoms with van der Waals surface area (Å²) in [6.45, 7) is 3.30. The molecule has 13 heavy (non-hydrogen) atoms. The second-order valence-corrected chi connectivity index (χ2v) is 3.01. The molecule has 0 aromatic heterocycles. The molecule has 0 saturated carbocycles. The van der Waals surface area contributed by atoms with Gasteiger partial charge in [-0.25, -0.2) is 0 Å². The normalized spacial score (nSPS) is 10.0. The fraction of sp³-hybridized carbons (Fsp3) is 0.889. The van der Waals surface area contributed by atoms with Gasteiger partial charge in [-0.05, 0) is 26.4 Å². The molecule has 0 fully saturated rings. The maximum absolute atomic E-state index is 10.2. The molecule has 78 valence electrons. The Morgan fingerprint density at radius 1 is 1.38 bits per heavy atom. The van der Waals surface area contributed by atoms with Crippen LogP contribution in [0.2, 0.25) is 0 Å². The molecule has 0 bridgehead atoms. The summed E-state index contributed by atoms with van der Waals surface area (Å²) >= 11 is 0. The van der Waals surface area contributed by atoms with Crippen molar-refractivity contribution < 1.29 is 9.53 Å². The summed E-state index contributed by atoms with van der Waals surface area (Å²) < 4.78 is 5.35. The summed E-state index contributed by atoms with van der Waals surface area (Å²) in [5.74, 6) is 0. The van der Waals surface area contributed by atoms with Gasteiger partial charge in [-0.3, -0.25) is 4.79 Å². The number of rotatable bonds is 9. The van der Waals surface area contributed by atoms with Crippen molar-refractivity contribution in [2.45, 2.75) is 12.8 Å². The summed E-state index contributed by atoms with van der Waals surface area (Å²) in [5, 5.41) is 3.05. The third kappa shape index (κ3) is 9.30. The summed E-state index contributed by atoms with van der Waals surface area (Å²) in [5.41, 5.74) is 0. The van der Waals surface area contributed by atoms with E-state index in [1.807, 2.05) is 7.05 Å². The molecule has 0 aliphatic rings. The second kappa shape index (κ2) is 9.48. The van der Waals surface area contributed by atoms with Gasteiger partial charge in [0.15, 0.2) is 0 Å². The minimum absolute atomic E-state index is 0.738. The van der Waals surface area contributed by atoms with Crippen molar-refractivity contribution in [1.82, 2.24) is 10.2 Å². The van der Waals surface area contributed by atoms with E-state index in [1.54, 1.807) is 11.9 Å². The van der Waals surface area contributed by atoms with Gasteiger partial charge in [0, 0.05) is 26.8 Å². The Morgan fingerprint density at radius 3 is 2.69 bits per heavy atom. The Kier molecular flexibility index (Phi) is 9.03. The van der Waals surface area contributed by atoms with Crippen LogP contribution in [-0.4, -0.2) is 51.7 Å². The fourth-order valence-electron chi connectivity index (χ4n) is 0.922. The van der Waals surface area contributed by atoms with Crippen LogP contribution in [0.4, 0.5) is 0 Å². The second-order valence-electron chi connectivity index (χ2n) is 3.01. The Morgan fingerprint density at radius 2 is 2.08 bits per heavy atom. The first-order valence-corrected chi connectivity index (χ1v) is 4.69. The lowest BCUT2D eigenvalue weighted by molar-refractivity contribution is -0.117. The largest absolute Gasteiger partial charge is 0.381 e. The van der Waals surface area contributed by atoms with E-state index in [1.165, 1.54) is 0 Å². The van der Waals surface area contributed by atoms with Gasteiger partial charge in [-0.1, -0.05) is 0 Å². The van der Waals surface area contributed by atoms with Crippen LogP contribution in [0.15, 0.2) is 0 Å². The molecule has 0 aliphatic carbocycles. The van der Waals surface area contributed by atoms with Gasteiger partial charge in [-0.15, -0.1) is 0 Å². The highest BCUT2D eigenvalue weighted by atomic mass is 16.5. The fourth-order valence-corrected chi connectivity index (χ4v) is 0.922. The molecule has 0 saturated heterocycles. The van der Waals surface area contributed by atoms with E-state index in [0.29, 0.717) is 0 Å². The first-order valence-electron chi connectivity index (χ1n) is 4.69. The lowest BCUT2D eigenvalue weighted by atomic mass is 10.4. The first-order chi connectivity index (χ1) is 6.31. The molecule has 0 aliphatic heterocycles. The van der Waals surface area contributed by atoms with Gasteiger partial charge >= 0.3 is 0 Å². The lowest BCUT2D eigenvalue weighted by Gasteiger charge is -2.09. The molecule has 1 amide bonds. The van der Waals surface area contributed by atoms with Crippen molar-refractivity contribution in [3.05, 3.63) is 0 Å². The van der Waals surface area contributed by atoms with Crippen LogP contribution in [0, 0.1) is 0 Å². The van der Waals surface area contributed by atoms with E-state index >= 15 is 0 Å². The maximum Gasteiger partial charge on any atom is 0.209 e. The Bertz CT molecular complexity index is 120. The molecule has 0 spiro atoms. The topological polar surface area (TPSA) is 41.6 Å². The van der Waals surface area contributed by atoms with Gasteiger partial charge in [-0.2, -0.15) is 0 Å². The SMILES string of the molecule is CNCCCOCCCN(C)C=O. The van der Waals surface area contributed by atoms with Gasteiger partial charge < -0.3 is 15.0 Å².